The van der Waals surface area contributed by atoms with Gasteiger partial charge in [0, 0.05) is 19.6 Å². The normalized spacial score (nSPS) is 20.8. The van der Waals surface area contributed by atoms with Crippen LogP contribution in [0.1, 0.15) is 39.0 Å². The Morgan fingerprint density at radius 1 is 1.35 bits per heavy atom. The topological polar surface area (TPSA) is 69.6 Å². The third-order valence-electron chi connectivity index (χ3n) is 3.33. The largest absolute Gasteiger partial charge is 0.481 e. The Bertz CT molecular complexity index is 268. The maximum Gasteiger partial charge on any atom is 0.317 e. The van der Waals surface area contributed by atoms with Gasteiger partial charge in [-0.05, 0) is 25.2 Å². The summed E-state index contributed by atoms with van der Waals surface area (Å²) in [4.78, 5) is 23.9. The van der Waals surface area contributed by atoms with Crippen molar-refractivity contribution in [3.05, 3.63) is 0 Å². The molecule has 1 unspecified atom stereocenters. The molecule has 1 saturated heterocycles. The molecule has 1 rings (SSSR count). The highest BCUT2D eigenvalue weighted by molar-refractivity contribution is 5.75. The summed E-state index contributed by atoms with van der Waals surface area (Å²) >= 11 is 0. The molecule has 17 heavy (non-hydrogen) atoms. The molecule has 0 aromatic rings. The van der Waals surface area contributed by atoms with Crippen LogP contribution in [0.2, 0.25) is 0 Å². The maximum absolute atomic E-state index is 11.7. The first-order valence-electron chi connectivity index (χ1n) is 6.38. The van der Waals surface area contributed by atoms with E-state index in [4.69, 9.17) is 5.11 Å². The van der Waals surface area contributed by atoms with Crippen molar-refractivity contribution in [2.24, 2.45) is 5.92 Å². The van der Waals surface area contributed by atoms with Crippen LogP contribution in [0, 0.1) is 5.92 Å². The van der Waals surface area contributed by atoms with Crippen LogP contribution < -0.4 is 5.32 Å². The highest BCUT2D eigenvalue weighted by Crippen LogP contribution is 2.19. The fraction of sp³-hybridized carbons (Fsp3) is 0.833. The zero-order valence-electron chi connectivity index (χ0n) is 10.4. The van der Waals surface area contributed by atoms with E-state index < -0.39 is 5.97 Å². The van der Waals surface area contributed by atoms with Gasteiger partial charge in [-0.1, -0.05) is 13.3 Å². The van der Waals surface area contributed by atoms with E-state index >= 15 is 0 Å². The lowest BCUT2D eigenvalue weighted by atomic mass is 9.98. The number of likely N-dealkylation sites (tertiary alicyclic amines) is 1. The first kappa shape index (κ1) is 13.8. The highest BCUT2D eigenvalue weighted by Gasteiger charge is 2.19. The minimum Gasteiger partial charge on any atom is -0.481 e. The van der Waals surface area contributed by atoms with E-state index in [2.05, 4.69) is 12.2 Å². The van der Waals surface area contributed by atoms with Gasteiger partial charge in [-0.2, -0.15) is 0 Å². The number of carboxylic acids is 1. The molecule has 2 N–H and O–H groups in total. The molecule has 1 aliphatic rings. The number of urea groups is 1. The van der Waals surface area contributed by atoms with Crippen molar-refractivity contribution in [1.29, 1.82) is 0 Å². The van der Waals surface area contributed by atoms with E-state index in [0.717, 1.165) is 31.8 Å². The number of hydrogen-bond donors (Lipinski definition) is 2. The van der Waals surface area contributed by atoms with Crippen molar-refractivity contribution in [2.75, 3.05) is 19.6 Å². The first-order chi connectivity index (χ1) is 8.13. The van der Waals surface area contributed by atoms with Gasteiger partial charge in [0.1, 0.15) is 0 Å². The third kappa shape index (κ3) is 5.06. The number of carbonyl (C=O) groups excluding carboxylic acids is 1. The molecular formula is C12H22N2O3. The predicted octanol–water partition coefficient (Wildman–Crippen LogP) is 1.68. The number of carbonyl (C=O) groups is 2. The van der Waals surface area contributed by atoms with Gasteiger partial charge in [0.15, 0.2) is 0 Å². The molecule has 0 saturated carbocycles. The second-order valence-corrected chi connectivity index (χ2v) is 4.57. The maximum atomic E-state index is 11.7. The van der Waals surface area contributed by atoms with Crippen molar-refractivity contribution in [3.63, 3.8) is 0 Å². The smallest absolute Gasteiger partial charge is 0.317 e. The number of hydrogen-bond acceptors (Lipinski definition) is 2. The second kappa shape index (κ2) is 7.14. The lowest BCUT2D eigenvalue weighted by Crippen LogP contribution is -2.41. The van der Waals surface area contributed by atoms with Gasteiger partial charge in [0.05, 0.1) is 6.42 Å². The summed E-state index contributed by atoms with van der Waals surface area (Å²) in [6, 6.07) is -0.122. The van der Waals surface area contributed by atoms with E-state index in [0.29, 0.717) is 0 Å². The molecule has 1 atom stereocenters. The Labute approximate surface area is 102 Å². The molecule has 0 aromatic carbocycles. The van der Waals surface area contributed by atoms with Crippen LogP contribution >= 0.6 is 0 Å². The lowest BCUT2D eigenvalue weighted by Gasteiger charge is -2.20. The van der Waals surface area contributed by atoms with Crippen molar-refractivity contribution >= 4 is 12.0 Å². The summed E-state index contributed by atoms with van der Waals surface area (Å²) in [5.74, 6) is -0.154. The monoisotopic (exact) mass is 242 g/mol. The standard InChI is InChI=1S/C12H22N2O3/c1-2-10-4-3-8-14(9-6-10)12(17)13-7-5-11(15)16/h10H,2-9H2,1H3,(H,13,17)(H,15,16). The number of nitrogens with one attached hydrogen (secondary N) is 1. The number of carboxylic acid groups (broad SMARTS) is 1. The molecule has 0 aromatic heterocycles. The van der Waals surface area contributed by atoms with Gasteiger partial charge in [-0.15, -0.1) is 0 Å². The molecule has 0 bridgehead atoms. The summed E-state index contributed by atoms with van der Waals surface area (Å²) in [5, 5.41) is 11.1. The Kier molecular flexibility index (Phi) is 5.80. The molecule has 1 aliphatic heterocycles. The van der Waals surface area contributed by atoms with Crippen molar-refractivity contribution in [2.45, 2.75) is 39.0 Å². The van der Waals surface area contributed by atoms with E-state index in [-0.39, 0.29) is 19.0 Å². The van der Waals surface area contributed by atoms with E-state index in [1.807, 2.05) is 0 Å². The predicted molar refractivity (Wildman–Crippen MR) is 64.9 cm³/mol. The molecule has 1 heterocycles. The fourth-order valence-corrected chi connectivity index (χ4v) is 2.16. The molecule has 5 heteroatoms. The molecular weight excluding hydrogens is 220 g/mol. The van der Waals surface area contributed by atoms with Crippen molar-refractivity contribution < 1.29 is 14.7 Å². The van der Waals surface area contributed by atoms with Crippen LogP contribution in [0.25, 0.3) is 0 Å². The van der Waals surface area contributed by atoms with E-state index in [9.17, 15) is 9.59 Å². The van der Waals surface area contributed by atoms with Crippen LogP contribution in [-0.4, -0.2) is 41.6 Å². The lowest BCUT2D eigenvalue weighted by molar-refractivity contribution is -0.136. The van der Waals surface area contributed by atoms with Crippen LogP contribution in [0.15, 0.2) is 0 Å². The van der Waals surface area contributed by atoms with E-state index in [1.165, 1.54) is 12.8 Å². The Balaban J connectivity index is 2.29. The van der Waals surface area contributed by atoms with E-state index in [1.54, 1.807) is 4.90 Å². The van der Waals surface area contributed by atoms with Crippen molar-refractivity contribution in [3.8, 4) is 0 Å². The summed E-state index contributed by atoms with van der Waals surface area (Å²) in [6.07, 6.45) is 4.45. The number of rotatable bonds is 4. The van der Waals surface area contributed by atoms with Gasteiger partial charge in [0.2, 0.25) is 0 Å². The average molecular weight is 242 g/mol. The zero-order valence-corrected chi connectivity index (χ0v) is 10.4. The quantitative estimate of drug-likeness (QED) is 0.788. The third-order valence-corrected chi connectivity index (χ3v) is 3.33. The summed E-state index contributed by atoms with van der Waals surface area (Å²) < 4.78 is 0. The van der Waals surface area contributed by atoms with Gasteiger partial charge in [-0.25, -0.2) is 4.79 Å². The number of aliphatic carboxylic acids is 1. The summed E-state index contributed by atoms with van der Waals surface area (Å²) in [7, 11) is 0. The summed E-state index contributed by atoms with van der Waals surface area (Å²) in [5.41, 5.74) is 0. The highest BCUT2D eigenvalue weighted by atomic mass is 16.4. The van der Waals surface area contributed by atoms with Gasteiger partial charge in [0.25, 0.3) is 0 Å². The Morgan fingerprint density at radius 2 is 2.12 bits per heavy atom. The molecule has 0 radical (unpaired) electrons. The SMILES string of the molecule is CCC1CCCN(C(=O)NCCC(=O)O)CC1. The zero-order chi connectivity index (χ0) is 12.7. The van der Waals surface area contributed by atoms with Gasteiger partial charge >= 0.3 is 12.0 Å². The van der Waals surface area contributed by atoms with Crippen LogP contribution in [0.3, 0.4) is 0 Å². The van der Waals surface area contributed by atoms with Gasteiger partial charge < -0.3 is 15.3 Å². The Hall–Kier alpha value is -1.26. The first-order valence-corrected chi connectivity index (χ1v) is 6.38. The Morgan fingerprint density at radius 3 is 2.76 bits per heavy atom. The second-order valence-electron chi connectivity index (χ2n) is 4.57. The molecule has 2 amide bonds. The number of amides is 2. The van der Waals surface area contributed by atoms with Crippen LogP contribution in [0.4, 0.5) is 4.79 Å². The summed E-state index contributed by atoms with van der Waals surface area (Å²) in [6.45, 7) is 3.97. The molecule has 0 spiro atoms. The molecule has 5 nitrogen and oxygen atoms in total. The van der Waals surface area contributed by atoms with Crippen LogP contribution in [0.5, 0.6) is 0 Å². The van der Waals surface area contributed by atoms with Gasteiger partial charge in [-0.3, -0.25) is 4.79 Å². The molecule has 0 aliphatic carbocycles. The number of nitrogens with zero attached hydrogens (tertiary/aromatic N) is 1. The fourth-order valence-electron chi connectivity index (χ4n) is 2.16. The van der Waals surface area contributed by atoms with Crippen molar-refractivity contribution in [1.82, 2.24) is 10.2 Å². The van der Waals surface area contributed by atoms with Crippen LogP contribution in [-0.2, 0) is 4.79 Å². The average Bonchev–Trinajstić information content (AvgIpc) is 2.53. The minimum absolute atomic E-state index is 0.0167. The molecule has 1 fully saturated rings. The minimum atomic E-state index is -0.882. The molecule has 98 valence electrons.